The van der Waals surface area contributed by atoms with Gasteiger partial charge in [0.05, 0.1) is 6.61 Å². The fourth-order valence-electron chi connectivity index (χ4n) is 1.73. The molecule has 2 rings (SSSR count). The molecule has 84 valence electrons. The molecule has 5 atom stereocenters. The number of rotatable bonds is 3. The van der Waals surface area contributed by atoms with Gasteiger partial charge >= 0.3 is 5.97 Å². The maximum atomic E-state index is 11.3. The Morgan fingerprint density at radius 3 is 2.87 bits per heavy atom. The van der Waals surface area contributed by atoms with Crippen molar-refractivity contribution in [2.45, 2.75) is 30.7 Å². The minimum Gasteiger partial charge on any atom is -0.454 e. The van der Waals surface area contributed by atoms with E-state index in [4.69, 9.17) is 14.2 Å². The fourth-order valence-corrected chi connectivity index (χ4v) is 1.73. The molecule has 2 fully saturated rings. The van der Waals surface area contributed by atoms with Crippen molar-refractivity contribution >= 4 is 5.97 Å². The van der Waals surface area contributed by atoms with E-state index >= 15 is 0 Å². The number of aliphatic hydroxyl groups is 2. The van der Waals surface area contributed by atoms with Gasteiger partial charge in [0.2, 0.25) is 0 Å². The predicted octanol–water partition coefficient (Wildman–Crippen LogP) is -1.44. The van der Waals surface area contributed by atoms with Crippen LogP contribution in [0.3, 0.4) is 0 Å². The Bertz CT molecular complexity index is 278. The van der Waals surface area contributed by atoms with Crippen molar-refractivity contribution in [2.24, 2.45) is 0 Å². The van der Waals surface area contributed by atoms with Crippen LogP contribution in [0, 0.1) is 0 Å². The van der Waals surface area contributed by atoms with Crippen molar-refractivity contribution in [1.29, 1.82) is 0 Å². The van der Waals surface area contributed by atoms with Crippen LogP contribution in [0.5, 0.6) is 0 Å². The molecule has 0 aromatic rings. The fraction of sp³-hybridized carbons (Fsp3) is 0.667. The van der Waals surface area contributed by atoms with Gasteiger partial charge in [-0.3, -0.25) is 0 Å². The molecule has 0 radical (unpaired) electrons. The lowest BCUT2D eigenvalue weighted by Crippen LogP contribution is -2.33. The predicted molar refractivity (Wildman–Crippen MR) is 46.7 cm³/mol. The van der Waals surface area contributed by atoms with Gasteiger partial charge in [0.1, 0.15) is 12.2 Å². The Labute approximate surface area is 86.0 Å². The van der Waals surface area contributed by atoms with Gasteiger partial charge in [-0.1, -0.05) is 6.08 Å². The van der Waals surface area contributed by atoms with Crippen LogP contribution in [0.25, 0.3) is 0 Å². The van der Waals surface area contributed by atoms with Crippen molar-refractivity contribution in [3.8, 4) is 0 Å². The highest BCUT2D eigenvalue weighted by Gasteiger charge is 2.57. The molecule has 0 aromatic heterocycles. The number of esters is 1. The average Bonchev–Trinajstić information content (AvgIpc) is 2.64. The summed E-state index contributed by atoms with van der Waals surface area (Å²) < 4.78 is 15.0. The van der Waals surface area contributed by atoms with Crippen LogP contribution < -0.4 is 0 Å². The first-order chi connectivity index (χ1) is 7.15. The molecule has 2 heterocycles. The van der Waals surface area contributed by atoms with Gasteiger partial charge in [0.25, 0.3) is 0 Å². The molecular weight excluding hydrogens is 204 g/mol. The molecule has 2 aliphatic heterocycles. The third-order valence-electron chi connectivity index (χ3n) is 2.43. The van der Waals surface area contributed by atoms with Crippen LogP contribution >= 0.6 is 0 Å². The van der Waals surface area contributed by atoms with E-state index in [-0.39, 0.29) is 6.61 Å². The van der Waals surface area contributed by atoms with E-state index in [9.17, 15) is 15.0 Å². The molecule has 0 amide bonds. The van der Waals surface area contributed by atoms with Crippen molar-refractivity contribution in [3.63, 3.8) is 0 Å². The van der Waals surface area contributed by atoms with Crippen LogP contribution in [0.15, 0.2) is 12.7 Å². The number of fused-ring (bicyclic) bond motifs is 1. The summed E-state index contributed by atoms with van der Waals surface area (Å²) in [7, 11) is 0. The van der Waals surface area contributed by atoms with Crippen LogP contribution in [-0.4, -0.2) is 53.5 Å². The third kappa shape index (κ3) is 1.65. The zero-order chi connectivity index (χ0) is 11.0. The molecule has 0 spiro atoms. The summed E-state index contributed by atoms with van der Waals surface area (Å²) in [5.74, 6) is -0.585. The molecule has 0 bridgehead atoms. The quantitative estimate of drug-likeness (QED) is 0.444. The highest BCUT2D eigenvalue weighted by molar-refractivity contribution is 5.78. The summed E-state index contributed by atoms with van der Waals surface area (Å²) in [5, 5.41) is 18.6. The van der Waals surface area contributed by atoms with E-state index in [1.54, 1.807) is 0 Å². The number of aliphatic hydroxyl groups excluding tert-OH is 2. The lowest BCUT2D eigenvalue weighted by atomic mass is 10.1. The summed E-state index contributed by atoms with van der Waals surface area (Å²) in [6.07, 6.45) is -3.55. The molecule has 15 heavy (non-hydrogen) atoms. The van der Waals surface area contributed by atoms with Gasteiger partial charge in [-0.05, 0) is 0 Å². The highest BCUT2D eigenvalue weighted by atomic mass is 16.7. The summed E-state index contributed by atoms with van der Waals surface area (Å²) >= 11 is 0. The molecule has 0 aliphatic carbocycles. The third-order valence-corrected chi connectivity index (χ3v) is 2.43. The van der Waals surface area contributed by atoms with E-state index in [0.29, 0.717) is 0 Å². The molecule has 0 saturated carbocycles. The second kappa shape index (κ2) is 3.90. The second-order valence-corrected chi connectivity index (χ2v) is 3.43. The van der Waals surface area contributed by atoms with Gasteiger partial charge in [-0.2, -0.15) is 0 Å². The second-order valence-electron chi connectivity index (χ2n) is 3.43. The highest BCUT2D eigenvalue weighted by Crippen LogP contribution is 2.32. The van der Waals surface area contributed by atoms with Crippen LogP contribution in [-0.2, 0) is 19.0 Å². The Balaban J connectivity index is 2.06. The monoisotopic (exact) mass is 216 g/mol. The van der Waals surface area contributed by atoms with E-state index in [1.165, 1.54) is 6.08 Å². The Morgan fingerprint density at radius 2 is 2.20 bits per heavy atom. The minimum absolute atomic E-state index is 0.179. The van der Waals surface area contributed by atoms with E-state index in [1.807, 2.05) is 0 Å². The Hall–Kier alpha value is -0.950. The zero-order valence-electron chi connectivity index (χ0n) is 7.91. The van der Waals surface area contributed by atoms with Crippen LogP contribution in [0.2, 0.25) is 0 Å². The molecule has 2 N–H and O–H groups in total. The minimum atomic E-state index is -1.33. The van der Waals surface area contributed by atoms with Gasteiger partial charge in [-0.15, -0.1) is 6.58 Å². The van der Waals surface area contributed by atoms with Gasteiger partial charge in [0, 0.05) is 0 Å². The molecule has 0 unspecified atom stereocenters. The number of hydrogen-bond donors (Lipinski definition) is 2. The van der Waals surface area contributed by atoms with E-state index in [2.05, 4.69) is 6.58 Å². The van der Waals surface area contributed by atoms with Crippen LogP contribution in [0.1, 0.15) is 0 Å². The number of ether oxygens (including phenoxy) is 3. The zero-order valence-corrected chi connectivity index (χ0v) is 7.91. The molecule has 0 aromatic carbocycles. The standard InChI is InChI=1S/C9H12O6/c1-2-3-13-7-6-5(14-9(7)12)4(10)8(11)15-6/h2,4-8,10-11H,1,3H2/t4-,5-,6+,7+,8-/m1/s1. The van der Waals surface area contributed by atoms with Crippen molar-refractivity contribution in [2.75, 3.05) is 6.61 Å². The molecule has 2 aliphatic rings. The summed E-state index contributed by atoms with van der Waals surface area (Å²) in [5.41, 5.74) is 0. The van der Waals surface area contributed by atoms with Gasteiger partial charge in [-0.25, -0.2) is 4.79 Å². The molecule has 2 saturated heterocycles. The summed E-state index contributed by atoms with van der Waals surface area (Å²) in [4.78, 5) is 11.3. The first kappa shape index (κ1) is 10.6. The first-order valence-electron chi connectivity index (χ1n) is 4.59. The number of carbonyl (C=O) groups excluding carboxylic acids is 1. The van der Waals surface area contributed by atoms with Gasteiger partial charge < -0.3 is 24.4 Å². The molecular formula is C9H12O6. The molecule has 6 heteroatoms. The first-order valence-corrected chi connectivity index (χ1v) is 4.59. The summed E-state index contributed by atoms with van der Waals surface area (Å²) in [6.45, 7) is 3.62. The van der Waals surface area contributed by atoms with Crippen molar-refractivity contribution in [3.05, 3.63) is 12.7 Å². The van der Waals surface area contributed by atoms with Gasteiger partial charge in [0.15, 0.2) is 18.5 Å². The largest absolute Gasteiger partial charge is 0.454 e. The van der Waals surface area contributed by atoms with Crippen LogP contribution in [0.4, 0.5) is 0 Å². The summed E-state index contributed by atoms with van der Waals surface area (Å²) in [6, 6.07) is 0. The van der Waals surface area contributed by atoms with E-state index in [0.717, 1.165) is 0 Å². The smallest absolute Gasteiger partial charge is 0.338 e. The van der Waals surface area contributed by atoms with Crippen molar-refractivity contribution < 1.29 is 29.2 Å². The molecule has 6 nitrogen and oxygen atoms in total. The lowest BCUT2D eigenvalue weighted by Gasteiger charge is -2.13. The Kier molecular flexibility index (Phi) is 2.74. The SMILES string of the molecule is C=CCO[C@@H]1C(=O)O[C@@H]2[C@@H](O)[C@H](O)O[C@@H]21. The Morgan fingerprint density at radius 1 is 1.47 bits per heavy atom. The van der Waals surface area contributed by atoms with Crippen molar-refractivity contribution in [1.82, 2.24) is 0 Å². The number of hydrogen-bond acceptors (Lipinski definition) is 6. The maximum absolute atomic E-state index is 11.3. The normalized spacial score (nSPS) is 43.9. The number of carbonyl (C=O) groups is 1. The average molecular weight is 216 g/mol. The lowest BCUT2D eigenvalue weighted by molar-refractivity contribution is -0.172. The van der Waals surface area contributed by atoms with E-state index < -0.39 is 36.7 Å². The topological polar surface area (TPSA) is 85.2 Å². The maximum Gasteiger partial charge on any atom is 0.338 e.